The summed E-state index contributed by atoms with van der Waals surface area (Å²) in [7, 11) is 1.56. The van der Waals surface area contributed by atoms with Crippen molar-refractivity contribution in [1.82, 2.24) is 0 Å². The third-order valence-electron chi connectivity index (χ3n) is 2.79. The lowest BCUT2D eigenvalue weighted by Crippen LogP contribution is -2.36. The van der Waals surface area contributed by atoms with Crippen LogP contribution < -0.4 is 20.5 Å². The zero-order chi connectivity index (χ0) is 15.1. The minimum Gasteiger partial charge on any atom is -0.493 e. The van der Waals surface area contributed by atoms with Crippen LogP contribution in [0.4, 0.5) is 5.69 Å². The molecule has 0 unspecified atom stereocenters. The van der Waals surface area contributed by atoms with Crippen LogP contribution in [0.15, 0.2) is 18.2 Å². The summed E-state index contributed by atoms with van der Waals surface area (Å²) in [5.74, 6) is 1.43. The lowest BCUT2D eigenvalue weighted by atomic mass is 10.0. The maximum absolute atomic E-state index is 12.0. The van der Waals surface area contributed by atoms with Gasteiger partial charge in [0.25, 0.3) is 0 Å². The van der Waals surface area contributed by atoms with E-state index in [1.54, 1.807) is 25.3 Å². The first-order valence-electron chi connectivity index (χ1n) is 6.85. The fraction of sp³-hybridized carbons (Fsp3) is 0.533. The van der Waals surface area contributed by atoms with Crippen molar-refractivity contribution >= 4 is 24.0 Å². The van der Waals surface area contributed by atoms with Gasteiger partial charge < -0.3 is 20.5 Å². The second kappa shape index (κ2) is 9.47. The van der Waals surface area contributed by atoms with E-state index >= 15 is 0 Å². The van der Waals surface area contributed by atoms with Gasteiger partial charge in [-0.05, 0) is 31.4 Å². The van der Waals surface area contributed by atoms with Crippen LogP contribution in [0.1, 0.15) is 27.2 Å². The van der Waals surface area contributed by atoms with Gasteiger partial charge in [-0.1, -0.05) is 13.8 Å². The highest BCUT2D eigenvalue weighted by Crippen LogP contribution is 2.30. The number of carbonyl (C=O) groups is 1. The first kappa shape index (κ1) is 19.5. The van der Waals surface area contributed by atoms with Crippen LogP contribution in [0.5, 0.6) is 11.5 Å². The van der Waals surface area contributed by atoms with Crippen molar-refractivity contribution in [3.63, 3.8) is 0 Å². The average molecular weight is 317 g/mol. The first-order chi connectivity index (χ1) is 9.47. The Kier molecular flexibility index (Phi) is 8.81. The lowest BCUT2D eigenvalue weighted by molar-refractivity contribution is -0.117. The molecule has 6 heteroatoms. The smallest absolute Gasteiger partial charge is 0.241 e. The van der Waals surface area contributed by atoms with Crippen molar-refractivity contribution in [2.75, 3.05) is 19.0 Å². The average Bonchev–Trinajstić information content (AvgIpc) is 2.39. The van der Waals surface area contributed by atoms with E-state index in [2.05, 4.69) is 5.32 Å². The fourth-order valence-corrected chi connectivity index (χ4v) is 1.87. The Morgan fingerprint density at radius 3 is 2.52 bits per heavy atom. The van der Waals surface area contributed by atoms with Crippen LogP contribution in [-0.2, 0) is 4.79 Å². The zero-order valence-corrected chi connectivity index (χ0v) is 13.8. The molecule has 3 N–H and O–H groups in total. The van der Waals surface area contributed by atoms with Gasteiger partial charge in [-0.25, -0.2) is 0 Å². The van der Waals surface area contributed by atoms with Gasteiger partial charge in [0.15, 0.2) is 11.5 Å². The summed E-state index contributed by atoms with van der Waals surface area (Å²) in [4.78, 5) is 12.0. The molecule has 1 aromatic rings. The van der Waals surface area contributed by atoms with Gasteiger partial charge in [0, 0.05) is 11.8 Å². The van der Waals surface area contributed by atoms with Crippen molar-refractivity contribution in [1.29, 1.82) is 0 Å². The topological polar surface area (TPSA) is 73.6 Å². The van der Waals surface area contributed by atoms with Gasteiger partial charge in [-0.3, -0.25) is 4.79 Å². The highest BCUT2D eigenvalue weighted by atomic mass is 35.5. The van der Waals surface area contributed by atoms with E-state index < -0.39 is 6.04 Å². The number of methoxy groups -OCH3 is 1. The molecule has 1 rings (SSSR count). The standard InChI is InChI=1S/C15H24N2O3.ClH/c1-5-20-13-7-6-11(9-14(13)19-4)17-15(18)12(16)8-10(2)3;/h6-7,9-10,12H,5,8,16H2,1-4H3,(H,17,18);1H/t12-;/m0./s1. The van der Waals surface area contributed by atoms with Gasteiger partial charge in [-0.15, -0.1) is 12.4 Å². The second-order valence-corrected chi connectivity index (χ2v) is 5.02. The summed E-state index contributed by atoms with van der Waals surface area (Å²) >= 11 is 0. The molecule has 120 valence electrons. The molecule has 0 saturated carbocycles. The Hall–Kier alpha value is -1.46. The number of carbonyl (C=O) groups excluding carboxylic acids is 1. The Morgan fingerprint density at radius 2 is 2.00 bits per heavy atom. The quantitative estimate of drug-likeness (QED) is 0.811. The van der Waals surface area contributed by atoms with Gasteiger partial charge in [0.1, 0.15) is 0 Å². The van der Waals surface area contributed by atoms with Gasteiger partial charge in [0.05, 0.1) is 19.8 Å². The molecular weight excluding hydrogens is 292 g/mol. The van der Waals surface area contributed by atoms with Crippen molar-refractivity contribution in [3.05, 3.63) is 18.2 Å². The second-order valence-electron chi connectivity index (χ2n) is 5.02. The molecule has 0 aliphatic carbocycles. The van der Waals surface area contributed by atoms with E-state index in [1.807, 2.05) is 20.8 Å². The predicted octanol–water partition coefficient (Wildman–Crippen LogP) is 2.83. The largest absolute Gasteiger partial charge is 0.493 e. The van der Waals surface area contributed by atoms with E-state index in [9.17, 15) is 4.79 Å². The number of anilines is 1. The predicted molar refractivity (Wildman–Crippen MR) is 87.5 cm³/mol. The molecule has 0 spiro atoms. The van der Waals surface area contributed by atoms with Gasteiger partial charge in [0.2, 0.25) is 5.91 Å². The Bertz CT molecular complexity index is 453. The highest BCUT2D eigenvalue weighted by Gasteiger charge is 2.15. The summed E-state index contributed by atoms with van der Waals surface area (Å²) in [6.07, 6.45) is 0.653. The fourth-order valence-electron chi connectivity index (χ4n) is 1.87. The molecule has 0 aliphatic rings. The maximum atomic E-state index is 12.0. The summed E-state index contributed by atoms with van der Waals surface area (Å²) < 4.78 is 10.7. The van der Waals surface area contributed by atoms with E-state index in [4.69, 9.17) is 15.2 Å². The number of rotatable bonds is 7. The molecule has 0 radical (unpaired) electrons. The number of hydrogen-bond donors (Lipinski definition) is 2. The van der Waals surface area contributed by atoms with Crippen LogP contribution >= 0.6 is 12.4 Å². The van der Waals surface area contributed by atoms with Crippen LogP contribution in [-0.4, -0.2) is 25.7 Å². The summed E-state index contributed by atoms with van der Waals surface area (Å²) in [6.45, 7) is 6.53. The number of amides is 1. The zero-order valence-electron chi connectivity index (χ0n) is 13.0. The number of nitrogens with two attached hydrogens (primary N) is 1. The van der Waals surface area contributed by atoms with E-state index in [0.717, 1.165) is 0 Å². The van der Waals surface area contributed by atoms with E-state index in [1.165, 1.54) is 0 Å². The lowest BCUT2D eigenvalue weighted by Gasteiger charge is -2.15. The van der Waals surface area contributed by atoms with Crippen LogP contribution in [0.25, 0.3) is 0 Å². The molecule has 0 aliphatic heterocycles. The molecule has 0 aromatic heterocycles. The van der Waals surface area contributed by atoms with Crippen molar-refractivity contribution in [2.45, 2.75) is 33.2 Å². The molecule has 21 heavy (non-hydrogen) atoms. The summed E-state index contributed by atoms with van der Waals surface area (Å²) in [6, 6.07) is 4.76. The minimum atomic E-state index is -0.507. The first-order valence-corrected chi connectivity index (χ1v) is 6.85. The van der Waals surface area contributed by atoms with Crippen LogP contribution in [0.3, 0.4) is 0 Å². The maximum Gasteiger partial charge on any atom is 0.241 e. The third kappa shape index (κ3) is 6.23. The Labute approximate surface area is 132 Å². The molecule has 0 heterocycles. The van der Waals surface area contributed by atoms with E-state index in [0.29, 0.717) is 36.1 Å². The normalized spacial score (nSPS) is 11.5. The number of benzene rings is 1. The van der Waals surface area contributed by atoms with Crippen LogP contribution in [0.2, 0.25) is 0 Å². The van der Waals surface area contributed by atoms with Crippen molar-refractivity contribution in [2.24, 2.45) is 11.7 Å². The number of ether oxygens (including phenoxy) is 2. The minimum absolute atomic E-state index is 0. The molecule has 1 amide bonds. The SMILES string of the molecule is CCOc1ccc(NC(=O)[C@@H](N)CC(C)C)cc1OC.Cl. The Morgan fingerprint density at radius 1 is 1.33 bits per heavy atom. The van der Waals surface area contributed by atoms with Crippen LogP contribution in [0, 0.1) is 5.92 Å². The third-order valence-corrected chi connectivity index (χ3v) is 2.79. The Balaban J connectivity index is 0.00000400. The molecule has 1 aromatic carbocycles. The molecule has 0 saturated heterocycles. The number of hydrogen-bond acceptors (Lipinski definition) is 4. The summed E-state index contributed by atoms with van der Waals surface area (Å²) in [5.41, 5.74) is 6.49. The van der Waals surface area contributed by atoms with E-state index in [-0.39, 0.29) is 18.3 Å². The number of nitrogens with one attached hydrogen (secondary N) is 1. The molecule has 0 fully saturated rings. The summed E-state index contributed by atoms with van der Waals surface area (Å²) in [5, 5.41) is 2.79. The highest BCUT2D eigenvalue weighted by molar-refractivity contribution is 5.94. The molecule has 1 atom stereocenters. The van der Waals surface area contributed by atoms with Gasteiger partial charge >= 0.3 is 0 Å². The van der Waals surface area contributed by atoms with Gasteiger partial charge in [-0.2, -0.15) is 0 Å². The van der Waals surface area contributed by atoms with Crippen molar-refractivity contribution in [3.8, 4) is 11.5 Å². The van der Waals surface area contributed by atoms with Crippen molar-refractivity contribution < 1.29 is 14.3 Å². The molecule has 0 bridgehead atoms. The molecular formula is C15H25ClN2O3. The number of halogens is 1. The molecule has 5 nitrogen and oxygen atoms in total. The monoisotopic (exact) mass is 316 g/mol.